The van der Waals surface area contributed by atoms with E-state index in [9.17, 15) is 4.79 Å². The zero-order valence-electron chi connectivity index (χ0n) is 7.80. The van der Waals surface area contributed by atoms with Crippen molar-refractivity contribution in [3.63, 3.8) is 0 Å². The number of ether oxygens (including phenoxy) is 5. The molecule has 0 bridgehead atoms. The first-order valence-corrected chi connectivity index (χ1v) is 4.33. The lowest BCUT2D eigenvalue weighted by Gasteiger charge is -2.38. The molecule has 2 fully saturated rings. The summed E-state index contributed by atoms with van der Waals surface area (Å²) in [6.45, 7) is 0.635. The second-order valence-electron chi connectivity index (χ2n) is 3.05. The van der Waals surface area contributed by atoms with E-state index in [-0.39, 0.29) is 19.7 Å². The van der Waals surface area contributed by atoms with E-state index in [0.29, 0.717) is 6.61 Å². The molecular formula is C8H12O6. The topological polar surface area (TPSA) is 63.2 Å². The van der Waals surface area contributed by atoms with Gasteiger partial charge in [-0.1, -0.05) is 0 Å². The van der Waals surface area contributed by atoms with E-state index >= 15 is 0 Å². The quantitative estimate of drug-likeness (QED) is 0.525. The average Bonchev–Trinajstić information content (AvgIpc) is 2.27. The third kappa shape index (κ3) is 1.74. The van der Waals surface area contributed by atoms with Crippen LogP contribution in [0.5, 0.6) is 0 Å². The Morgan fingerprint density at radius 1 is 1.29 bits per heavy atom. The second kappa shape index (κ2) is 4.22. The number of esters is 1. The summed E-state index contributed by atoms with van der Waals surface area (Å²) in [4.78, 5) is 11.3. The van der Waals surface area contributed by atoms with E-state index in [2.05, 4.69) is 4.74 Å². The van der Waals surface area contributed by atoms with Crippen molar-refractivity contribution in [1.82, 2.24) is 0 Å². The van der Waals surface area contributed by atoms with Gasteiger partial charge in [-0.3, -0.25) is 0 Å². The molecular weight excluding hydrogens is 192 g/mol. The minimum atomic E-state index is -0.706. The largest absolute Gasteiger partial charge is 0.467 e. The van der Waals surface area contributed by atoms with Gasteiger partial charge in [0.1, 0.15) is 25.8 Å². The number of fused-ring (bicyclic) bond motifs is 1. The van der Waals surface area contributed by atoms with Gasteiger partial charge in [-0.05, 0) is 0 Å². The highest BCUT2D eigenvalue weighted by Gasteiger charge is 2.43. The van der Waals surface area contributed by atoms with Crippen molar-refractivity contribution >= 4 is 5.97 Å². The zero-order valence-corrected chi connectivity index (χ0v) is 7.80. The summed E-state index contributed by atoms with van der Waals surface area (Å²) < 4.78 is 25.2. The normalized spacial score (nSPS) is 37.4. The molecule has 0 amide bonds. The van der Waals surface area contributed by atoms with E-state index in [1.807, 2.05) is 0 Å². The van der Waals surface area contributed by atoms with E-state index in [4.69, 9.17) is 18.9 Å². The van der Waals surface area contributed by atoms with Gasteiger partial charge >= 0.3 is 5.97 Å². The Kier molecular flexibility index (Phi) is 2.97. The minimum absolute atomic E-state index is 0.0631. The van der Waals surface area contributed by atoms with E-state index in [0.717, 1.165) is 0 Å². The lowest BCUT2D eigenvalue weighted by Crippen LogP contribution is -2.55. The highest BCUT2D eigenvalue weighted by Crippen LogP contribution is 2.22. The predicted octanol–water partition coefficient (Wildman–Crippen LogP) is -0.726. The van der Waals surface area contributed by atoms with Crippen LogP contribution >= 0.6 is 0 Å². The summed E-state index contributed by atoms with van der Waals surface area (Å²) in [5.74, 6) is -0.440. The minimum Gasteiger partial charge on any atom is -0.467 e. The van der Waals surface area contributed by atoms with Crippen LogP contribution in [0.15, 0.2) is 0 Å². The maximum absolute atomic E-state index is 11.3. The standard InChI is InChI=1S/C8H12O6/c1-10-8(9)7-6-5(12-4-14-7)2-11-3-13-6/h5-7H,2-4H2,1H3/t5-,6-,7+/m1/s1. The Bertz CT molecular complexity index is 216. The molecule has 0 aromatic rings. The SMILES string of the molecule is COC(=O)[C@H]1OCO[C@@H]2COCO[C@@H]12. The van der Waals surface area contributed by atoms with Crippen molar-refractivity contribution < 1.29 is 28.5 Å². The van der Waals surface area contributed by atoms with Gasteiger partial charge in [0.25, 0.3) is 0 Å². The fourth-order valence-corrected chi connectivity index (χ4v) is 1.53. The molecule has 0 aliphatic carbocycles. The van der Waals surface area contributed by atoms with Crippen molar-refractivity contribution in [2.45, 2.75) is 18.3 Å². The van der Waals surface area contributed by atoms with E-state index in [1.54, 1.807) is 0 Å². The lowest BCUT2D eigenvalue weighted by atomic mass is 10.1. The molecule has 0 unspecified atom stereocenters. The molecule has 0 aromatic carbocycles. The van der Waals surface area contributed by atoms with Crippen LogP contribution in [0, 0.1) is 0 Å². The molecule has 6 heteroatoms. The molecule has 0 saturated carbocycles. The van der Waals surface area contributed by atoms with Gasteiger partial charge in [-0.2, -0.15) is 0 Å². The first-order chi connectivity index (χ1) is 6.83. The van der Waals surface area contributed by atoms with Crippen molar-refractivity contribution in [2.75, 3.05) is 27.3 Å². The molecule has 2 aliphatic rings. The highest BCUT2D eigenvalue weighted by atomic mass is 16.8. The lowest BCUT2D eigenvalue weighted by molar-refractivity contribution is -0.298. The molecule has 0 spiro atoms. The maximum atomic E-state index is 11.3. The molecule has 6 nitrogen and oxygen atoms in total. The molecule has 2 rings (SSSR count). The molecule has 0 aromatic heterocycles. The van der Waals surface area contributed by atoms with Crippen LogP contribution in [-0.2, 0) is 28.5 Å². The third-order valence-electron chi connectivity index (χ3n) is 2.25. The van der Waals surface area contributed by atoms with Crippen molar-refractivity contribution in [1.29, 1.82) is 0 Å². The zero-order chi connectivity index (χ0) is 9.97. The molecule has 3 atom stereocenters. The smallest absolute Gasteiger partial charge is 0.337 e. The molecule has 14 heavy (non-hydrogen) atoms. The number of hydrogen-bond donors (Lipinski definition) is 0. The summed E-state index contributed by atoms with van der Waals surface area (Å²) in [5, 5.41) is 0. The summed E-state index contributed by atoms with van der Waals surface area (Å²) in [5.41, 5.74) is 0. The number of carbonyl (C=O) groups is 1. The molecule has 80 valence electrons. The van der Waals surface area contributed by atoms with Crippen LogP contribution in [0.2, 0.25) is 0 Å². The number of methoxy groups -OCH3 is 1. The molecule has 2 saturated heterocycles. The van der Waals surface area contributed by atoms with Crippen LogP contribution in [-0.4, -0.2) is 51.6 Å². The van der Waals surface area contributed by atoms with Crippen LogP contribution in [0.1, 0.15) is 0 Å². The number of carbonyl (C=O) groups excluding carboxylic acids is 1. The highest BCUT2D eigenvalue weighted by molar-refractivity contribution is 5.75. The summed E-state index contributed by atoms with van der Waals surface area (Å²) in [6, 6.07) is 0. The van der Waals surface area contributed by atoms with Crippen molar-refractivity contribution in [2.24, 2.45) is 0 Å². The average molecular weight is 204 g/mol. The fourth-order valence-electron chi connectivity index (χ4n) is 1.53. The van der Waals surface area contributed by atoms with Gasteiger partial charge in [0.05, 0.1) is 13.7 Å². The van der Waals surface area contributed by atoms with Crippen LogP contribution in [0.4, 0.5) is 0 Å². The van der Waals surface area contributed by atoms with Crippen molar-refractivity contribution in [3.05, 3.63) is 0 Å². The second-order valence-corrected chi connectivity index (χ2v) is 3.05. The Hall–Kier alpha value is -0.690. The number of rotatable bonds is 1. The predicted molar refractivity (Wildman–Crippen MR) is 42.3 cm³/mol. The molecule has 0 N–H and O–H groups in total. The monoisotopic (exact) mass is 204 g/mol. The summed E-state index contributed by atoms with van der Waals surface area (Å²) in [7, 11) is 1.31. The summed E-state index contributed by atoms with van der Waals surface area (Å²) in [6.07, 6.45) is -1.38. The Balaban J connectivity index is 2.04. The van der Waals surface area contributed by atoms with E-state index < -0.39 is 18.2 Å². The van der Waals surface area contributed by atoms with Gasteiger partial charge < -0.3 is 23.7 Å². The first kappa shape index (κ1) is 9.85. The molecule has 0 radical (unpaired) electrons. The van der Waals surface area contributed by atoms with Gasteiger partial charge in [-0.15, -0.1) is 0 Å². The third-order valence-corrected chi connectivity index (χ3v) is 2.25. The van der Waals surface area contributed by atoms with Crippen molar-refractivity contribution in [3.8, 4) is 0 Å². The Morgan fingerprint density at radius 3 is 2.93 bits per heavy atom. The van der Waals surface area contributed by atoms with Gasteiger partial charge in [0.2, 0.25) is 0 Å². The van der Waals surface area contributed by atoms with Crippen LogP contribution in [0.3, 0.4) is 0 Å². The van der Waals surface area contributed by atoms with Gasteiger partial charge in [0.15, 0.2) is 6.10 Å². The van der Waals surface area contributed by atoms with Crippen LogP contribution in [0.25, 0.3) is 0 Å². The molecule has 2 heterocycles. The molecule has 2 aliphatic heterocycles. The van der Waals surface area contributed by atoms with Gasteiger partial charge in [0, 0.05) is 0 Å². The Labute approximate surface area is 81.0 Å². The van der Waals surface area contributed by atoms with E-state index in [1.165, 1.54) is 7.11 Å². The fraction of sp³-hybridized carbons (Fsp3) is 0.875. The summed E-state index contributed by atoms with van der Waals surface area (Å²) >= 11 is 0. The maximum Gasteiger partial charge on any atom is 0.337 e. The first-order valence-electron chi connectivity index (χ1n) is 4.33. The number of hydrogen-bond acceptors (Lipinski definition) is 6. The Morgan fingerprint density at radius 2 is 2.14 bits per heavy atom. The van der Waals surface area contributed by atoms with Crippen LogP contribution < -0.4 is 0 Å². The van der Waals surface area contributed by atoms with Gasteiger partial charge in [-0.25, -0.2) is 4.79 Å².